The number of fused-ring (bicyclic) bond motifs is 2. The molecular weight excluding hydrogens is 558 g/mol. The van der Waals surface area contributed by atoms with Gasteiger partial charge in [0, 0.05) is 42.5 Å². The van der Waals surface area contributed by atoms with Gasteiger partial charge in [0.1, 0.15) is 11.8 Å². The Balaban J connectivity index is 1.26. The van der Waals surface area contributed by atoms with E-state index in [1.807, 2.05) is 85.7 Å². The molecule has 2 heterocycles. The van der Waals surface area contributed by atoms with Gasteiger partial charge in [0.2, 0.25) is 11.8 Å². The van der Waals surface area contributed by atoms with Crippen LogP contribution in [0.2, 0.25) is 0 Å². The predicted octanol–water partition coefficient (Wildman–Crippen LogP) is 3.87. The number of ether oxygens (including phenoxy) is 2. The van der Waals surface area contributed by atoms with Crippen molar-refractivity contribution < 1.29 is 23.9 Å². The second kappa shape index (κ2) is 13.9. The second-order valence-corrected chi connectivity index (χ2v) is 11.7. The topological polar surface area (TPSA) is 103 Å². The van der Waals surface area contributed by atoms with E-state index in [2.05, 4.69) is 16.7 Å². The zero-order chi connectivity index (χ0) is 31.1. The summed E-state index contributed by atoms with van der Waals surface area (Å²) in [6.45, 7) is 2.15. The number of likely N-dealkylation sites (N-methyl/N-ethyl adjacent to an activating group) is 1. The number of benzene rings is 3. The molecule has 1 atom stereocenters. The lowest BCUT2D eigenvalue weighted by Gasteiger charge is -2.41. The highest BCUT2D eigenvalue weighted by Crippen LogP contribution is 2.47. The van der Waals surface area contributed by atoms with Crippen LogP contribution >= 0.6 is 0 Å². The molecule has 3 aromatic rings. The second-order valence-electron chi connectivity index (χ2n) is 11.7. The van der Waals surface area contributed by atoms with Gasteiger partial charge in [0.25, 0.3) is 0 Å². The van der Waals surface area contributed by atoms with Crippen LogP contribution in [-0.2, 0) is 26.3 Å². The highest BCUT2D eigenvalue weighted by molar-refractivity contribution is 6.03. The molecule has 1 saturated heterocycles. The van der Waals surface area contributed by atoms with Crippen molar-refractivity contribution >= 4 is 29.2 Å². The number of nitrogens with one attached hydrogen (secondary N) is 2. The van der Waals surface area contributed by atoms with E-state index in [0.717, 1.165) is 16.8 Å². The number of carbonyl (C=O) groups is 3. The number of urea groups is 1. The van der Waals surface area contributed by atoms with Gasteiger partial charge in [0.05, 0.1) is 26.9 Å². The number of amides is 4. The molecule has 10 nitrogen and oxygen atoms in total. The first kappa shape index (κ1) is 31.0. The number of hydrogen-bond acceptors (Lipinski definition) is 6. The summed E-state index contributed by atoms with van der Waals surface area (Å²) in [6, 6.07) is 24.1. The lowest BCUT2D eigenvalue weighted by atomic mass is 9.74. The first-order valence-electron chi connectivity index (χ1n) is 14.9. The number of nitrogens with zero attached hydrogens (tertiary/aromatic N) is 3. The fourth-order valence-corrected chi connectivity index (χ4v) is 6.08. The minimum atomic E-state index is -0.791. The van der Waals surface area contributed by atoms with Gasteiger partial charge in [-0.15, -0.1) is 0 Å². The Bertz CT molecular complexity index is 1460. The average molecular weight is 600 g/mol. The minimum absolute atomic E-state index is 0.0790. The Morgan fingerprint density at radius 1 is 0.955 bits per heavy atom. The molecule has 0 aliphatic carbocycles. The van der Waals surface area contributed by atoms with Crippen molar-refractivity contribution in [1.82, 2.24) is 15.1 Å². The highest BCUT2D eigenvalue weighted by Gasteiger charge is 2.47. The van der Waals surface area contributed by atoms with Gasteiger partial charge in [-0.25, -0.2) is 4.79 Å². The van der Waals surface area contributed by atoms with Crippen LogP contribution in [0.15, 0.2) is 78.9 Å². The largest absolute Gasteiger partial charge is 0.497 e. The molecule has 0 aromatic heterocycles. The third kappa shape index (κ3) is 7.20. The molecule has 3 aromatic carbocycles. The van der Waals surface area contributed by atoms with Crippen LogP contribution in [-0.4, -0.2) is 87.7 Å². The number of hydrogen-bond donors (Lipinski definition) is 2. The smallest absolute Gasteiger partial charge is 0.326 e. The molecule has 1 spiro atoms. The van der Waals surface area contributed by atoms with Crippen LogP contribution in [0.1, 0.15) is 24.0 Å². The molecule has 10 heteroatoms. The molecule has 2 N–H and O–H groups in total. The fourth-order valence-electron chi connectivity index (χ4n) is 6.08. The number of likely N-dealkylation sites (tertiary alicyclic amines) is 1. The summed E-state index contributed by atoms with van der Waals surface area (Å²) in [4.78, 5) is 45.3. The molecule has 0 saturated carbocycles. The first-order valence-corrected chi connectivity index (χ1v) is 14.9. The first-order chi connectivity index (χ1) is 21.3. The Morgan fingerprint density at radius 3 is 2.41 bits per heavy atom. The monoisotopic (exact) mass is 599 g/mol. The maximum absolute atomic E-state index is 13.8. The van der Waals surface area contributed by atoms with Crippen molar-refractivity contribution in [2.24, 2.45) is 0 Å². The van der Waals surface area contributed by atoms with Crippen LogP contribution in [0.3, 0.4) is 0 Å². The van der Waals surface area contributed by atoms with Crippen molar-refractivity contribution in [3.8, 4) is 5.75 Å². The van der Waals surface area contributed by atoms with Gasteiger partial charge in [-0.05, 0) is 56.3 Å². The molecule has 4 amide bonds. The lowest BCUT2D eigenvalue weighted by Crippen LogP contribution is -2.56. The van der Waals surface area contributed by atoms with E-state index < -0.39 is 6.04 Å². The van der Waals surface area contributed by atoms with Crippen LogP contribution in [0.25, 0.3) is 0 Å². The molecule has 0 unspecified atom stereocenters. The van der Waals surface area contributed by atoms with Gasteiger partial charge >= 0.3 is 6.03 Å². The van der Waals surface area contributed by atoms with E-state index in [4.69, 9.17) is 9.47 Å². The summed E-state index contributed by atoms with van der Waals surface area (Å²) in [5, 5.41) is 5.91. The Morgan fingerprint density at radius 2 is 1.68 bits per heavy atom. The third-order valence-corrected chi connectivity index (χ3v) is 8.31. The van der Waals surface area contributed by atoms with Crippen molar-refractivity contribution in [2.45, 2.75) is 30.9 Å². The zero-order valence-corrected chi connectivity index (χ0v) is 25.6. The Labute approximate surface area is 258 Å². The quantitative estimate of drug-likeness (QED) is 0.367. The zero-order valence-electron chi connectivity index (χ0n) is 25.6. The number of methoxy groups -OCH3 is 1. The normalized spacial score (nSPS) is 16.0. The average Bonchev–Trinajstić information content (AvgIpc) is 3.34. The summed E-state index contributed by atoms with van der Waals surface area (Å²) in [5.74, 6) is 0.284. The van der Waals surface area contributed by atoms with E-state index in [1.165, 1.54) is 0 Å². The third-order valence-electron chi connectivity index (χ3n) is 8.31. The van der Waals surface area contributed by atoms with Gasteiger partial charge < -0.3 is 29.9 Å². The number of para-hydroxylation sites is 1. The number of anilines is 2. The van der Waals surface area contributed by atoms with Gasteiger partial charge in [-0.1, -0.05) is 54.6 Å². The molecule has 0 bridgehead atoms. The highest BCUT2D eigenvalue weighted by atomic mass is 16.5. The van der Waals surface area contributed by atoms with E-state index in [9.17, 15) is 14.4 Å². The standard InChI is InChI=1S/C34H41N5O5/c1-37(2)21-31(40)36-29(23-44-22-25-10-5-4-6-11-25)32(41)38-18-16-34(17-19-38)24-39(30-15-8-7-14-28(30)34)33(42)35-26-12-9-13-27(20-26)43-3/h4-15,20,29H,16-19,21-24H2,1-3H3,(H,35,42)(H,36,40)/t29-/m1/s1. The van der Waals surface area contributed by atoms with Crippen molar-refractivity contribution in [2.75, 3.05) is 64.2 Å². The summed E-state index contributed by atoms with van der Waals surface area (Å²) < 4.78 is 11.2. The Hall–Kier alpha value is -4.41. The van der Waals surface area contributed by atoms with Crippen molar-refractivity contribution in [1.29, 1.82) is 0 Å². The molecular formula is C34H41N5O5. The molecule has 0 radical (unpaired) electrons. The summed E-state index contributed by atoms with van der Waals surface area (Å²) in [5.41, 5.74) is 3.39. The minimum Gasteiger partial charge on any atom is -0.497 e. The van der Waals surface area contributed by atoms with Crippen molar-refractivity contribution in [3.63, 3.8) is 0 Å². The maximum atomic E-state index is 13.8. The SMILES string of the molecule is COc1cccc(NC(=O)N2CC3(CCN(C(=O)[C@@H](COCc4ccccc4)NC(=O)CN(C)C)CC3)c3ccccc32)c1. The molecule has 2 aliphatic heterocycles. The van der Waals surface area contributed by atoms with Crippen LogP contribution in [0.4, 0.5) is 16.2 Å². The van der Waals surface area contributed by atoms with E-state index in [-0.39, 0.29) is 36.4 Å². The van der Waals surface area contributed by atoms with Crippen LogP contribution in [0.5, 0.6) is 5.75 Å². The van der Waals surface area contributed by atoms with Gasteiger partial charge in [-0.3, -0.25) is 14.5 Å². The molecule has 1 fully saturated rings. The number of piperidine rings is 1. The summed E-state index contributed by atoms with van der Waals surface area (Å²) in [7, 11) is 5.22. The predicted molar refractivity (Wildman–Crippen MR) is 170 cm³/mol. The van der Waals surface area contributed by atoms with Crippen LogP contribution in [0, 0.1) is 0 Å². The molecule has 232 valence electrons. The summed E-state index contributed by atoms with van der Waals surface area (Å²) >= 11 is 0. The van der Waals surface area contributed by atoms with Crippen LogP contribution < -0.4 is 20.3 Å². The lowest BCUT2D eigenvalue weighted by molar-refractivity contribution is -0.139. The summed E-state index contributed by atoms with van der Waals surface area (Å²) in [6.07, 6.45) is 1.39. The Kier molecular flexibility index (Phi) is 9.82. The number of rotatable bonds is 10. The van der Waals surface area contributed by atoms with E-state index in [1.54, 1.807) is 23.0 Å². The van der Waals surface area contributed by atoms with Gasteiger partial charge in [-0.2, -0.15) is 0 Å². The van der Waals surface area contributed by atoms with Gasteiger partial charge in [0.15, 0.2) is 0 Å². The fraction of sp³-hybridized carbons (Fsp3) is 0.382. The molecule has 5 rings (SSSR count). The number of carbonyl (C=O) groups excluding carboxylic acids is 3. The molecule has 2 aliphatic rings. The van der Waals surface area contributed by atoms with Crippen molar-refractivity contribution in [3.05, 3.63) is 90.0 Å². The molecule has 44 heavy (non-hydrogen) atoms. The van der Waals surface area contributed by atoms with E-state index in [0.29, 0.717) is 50.5 Å². The van der Waals surface area contributed by atoms with E-state index >= 15 is 0 Å². The maximum Gasteiger partial charge on any atom is 0.326 e.